The summed E-state index contributed by atoms with van der Waals surface area (Å²) in [6.07, 6.45) is 3.21. The van der Waals surface area contributed by atoms with E-state index in [4.69, 9.17) is 0 Å². The first-order chi connectivity index (χ1) is 10.6. The molecule has 0 spiro atoms. The number of piperidine rings is 1. The number of nitrogens with one attached hydrogen (secondary N) is 1. The zero-order valence-corrected chi connectivity index (χ0v) is 15.3. The predicted octanol–water partition coefficient (Wildman–Crippen LogP) is 2.55. The van der Waals surface area contributed by atoms with Crippen LogP contribution in [0.15, 0.2) is 33.6 Å². The Hall–Kier alpha value is -0.720. The number of amides is 1. The van der Waals surface area contributed by atoms with Crippen molar-refractivity contribution in [3.05, 3.63) is 28.7 Å². The van der Waals surface area contributed by atoms with Gasteiger partial charge in [0.15, 0.2) is 0 Å². The Morgan fingerprint density at radius 1 is 1.32 bits per heavy atom. The summed E-state index contributed by atoms with van der Waals surface area (Å²) in [5, 5.41) is 3.26. The van der Waals surface area contributed by atoms with Gasteiger partial charge in [-0.15, -0.1) is 0 Å². The van der Waals surface area contributed by atoms with Gasteiger partial charge in [-0.2, -0.15) is 0 Å². The first-order valence-electron chi connectivity index (χ1n) is 7.69. The van der Waals surface area contributed by atoms with Gasteiger partial charge in [0.1, 0.15) is 0 Å². The lowest BCUT2D eigenvalue weighted by atomic mass is 10.0. The molecule has 1 unspecified atom stereocenters. The van der Waals surface area contributed by atoms with Gasteiger partial charge in [0.05, 0.1) is 10.8 Å². The van der Waals surface area contributed by atoms with Crippen molar-refractivity contribution >= 4 is 32.6 Å². The van der Waals surface area contributed by atoms with Crippen molar-refractivity contribution < 1.29 is 9.00 Å². The Morgan fingerprint density at radius 2 is 1.95 bits per heavy atom. The fourth-order valence-electron chi connectivity index (χ4n) is 2.63. The highest BCUT2D eigenvalue weighted by molar-refractivity contribution is 9.10. The van der Waals surface area contributed by atoms with E-state index in [1.807, 2.05) is 36.2 Å². The molecule has 1 aromatic rings. The van der Waals surface area contributed by atoms with E-state index in [0.29, 0.717) is 24.6 Å². The molecule has 1 N–H and O–H groups in total. The van der Waals surface area contributed by atoms with Crippen LogP contribution in [0.3, 0.4) is 0 Å². The third-order valence-corrected chi connectivity index (χ3v) is 6.04. The van der Waals surface area contributed by atoms with Crippen LogP contribution in [0, 0.1) is 0 Å². The smallest absolute Gasteiger partial charge is 0.222 e. The van der Waals surface area contributed by atoms with Gasteiger partial charge < -0.3 is 10.2 Å². The summed E-state index contributed by atoms with van der Waals surface area (Å²) in [4.78, 5) is 14.9. The minimum absolute atomic E-state index is 0.197. The molecule has 1 fully saturated rings. The van der Waals surface area contributed by atoms with Crippen molar-refractivity contribution in [2.45, 2.75) is 36.6 Å². The Bertz CT molecular complexity index is 513. The topological polar surface area (TPSA) is 49.4 Å². The number of rotatable bonds is 6. The molecule has 1 atom stereocenters. The van der Waals surface area contributed by atoms with E-state index in [0.717, 1.165) is 35.3 Å². The van der Waals surface area contributed by atoms with E-state index in [1.165, 1.54) is 0 Å². The minimum Gasteiger partial charge on any atom is -0.343 e. The number of benzene rings is 1. The van der Waals surface area contributed by atoms with Crippen LogP contribution in [0.2, 0.25) is 0 Å². The second-order valence-corrected chi connectivity index (χ2v) is 8.04. The normalized spacial score (nSPS) is 17.5. The highest BCUT2D eigenvalue weighted by Crippen LogP contribution is 2.15. The van der Waals surface area contributed by atoms with E-state index in [-0.39, 0.29) is 5.91 Å². The molecule has 0 radical (unpaired) electrons. The molecule has 1 amide bonds. The second-order valence-electron chi connectivity index (χ2n) is 5.55. The number of likely N-dealkylation sites (tertiary alicyclic amines) is 1. The van der Waals surface area contributed by atoms with Gasteiger partial charge in [0.25, 0.3) is 0 Å². The molecule has 4 nitrogen and oxygen atoms in total. The monoisotopic (exact) mass is 386 g/mol. The maximum Gasteiger partial charge on any atom is 0.222 e. The number of hydrogen-bond acceptors (Lipinski definition) is 3. The van der Waals surface area contributed by atoms with E-state index in [1.54, 1.807) is 0 Å². The Morgan fingerprint density at radius 3 is 2.55 bits per heavy atom. The summed E-state index contributed by atoms with van der Waals surface area (Å²) in [5.41, 5.74) is 0. The largest absolute Gasteiger partial charge is 0.343 e. The molecule has 0 aromatic heterocycles. The van der Waals surface area contributed by atoms with Gasteiger partial charge in [-0.05, 0) is 50.6 Å². The van der Waals surface area contributed by atoms with Crippen molar-refractivity contribution in [2.75, 3.05) is 25.9 Å². The number of halogens is 1. The predicted molar refractivity (Wildman–Crippen MR) is 93.3 cm³/mol. The summed E-state index contributed by atoms with van der Waals surface area (Å²) in [7, 11) is 0.950. The number of nitrogens with zero attached hydrogens (tertiary/aromatic N) is 1. The zero-order valence-electron chi connectivity index (χ0n) is 12.9. The van der Waals surface area contributed by atoms with Crippen LogP contribution in [0.25, 0.3) is 0 Å². The van der Waals surface area contributed by atoms with Crippen molar-refractivity contribution in [2.24, 2.45) is 0 Å². The average molecular weight is 387 g/mol. The SMILES string of the molecule is CNC1CCN(C(=O)CCCS(=O)c2ccc(Br)cc2)CC1. The fourth-order valence-corrected chi connectivity index (χ4v) is 3.98. The summed E-state index contributed by atoms with van der Waals surface area (Å²) < 4.78 is 13.1. The van der Waals surface area contributed by atoms with Crippen molar-refractivity contribution in [3.63, 3.8) is 0 Å². The first kappa shape index (κ1) is 17.6. The van der Waals surface area contributed by atoms with Gasteiger partial charge >= 0.3 is 0 Å². The van der Waals surface area contributed by atoms with Crippen LogP contribution in [-0.2, 0) is 15.6 Å². The second kappa shape index (κ2) is 8.79. The van der Waals surface area contributed by atoms with Gasteiger partial charge in [0, 0.05) is 40.7 Å². The zero-order chi connectivity index (χ0) is 15.9. The lowest BCUT2D eigenvalue weighted by molar-refractivity contribution is -0.132. The fraction of sp³-hybridized carbons (Fsp3) is 0.562. The minimum atomic E-state index is -1.02. The lowest BCUT2D eigenvalue weighted by Gasteiger charge is -2.31. The molecule has 2 rings (SSSR count). The van der Waals surface area contributed by atoms with Gasteiger partial charge in [-0.25, -0.2) is 0 Å². The van der Waals surface area contributed by atoms with E-state index >= 15 is 0 Å². The molecule has 6 heteroatoms. The lowest BCUT2D eigenvalue weighted by Crippen LogP contribution is -2.43. The molecular formula is C16H23BrN2O2S. The summed E-state index contributed by atoms with van der Waals surface area (Å²) >= 11 is 3.37. The molecular weight excluding hydrogens is 364 g/mol. The molecule has 1 aromatic carbocycles. The molecule has 0 bridgehead atoms. The highest BCUT2D eigenvalue weighted by Gasteiger charge is 2.21. The molecule has 1 aliphatic rings. The van der Waals surface area contributed by atoms with Crippen LogP contribution < -0.4 is 5.32 Å². The molecule has 1 saturated heterocycles. The van der Waals surface area contributed by atoms with Gasteiger partial charge in [0.2, 0.25) is 5.91 Å². The molecule has 122 valence electrons. The van der Waals surface area contributed by atoms with Crippen LogP contribution in [-0.4, -0.2) is 46.9 Å². The maximum absolute atomic E-state index is 12.2. The summed E-state index contributed by atoms with van der Waals surface area (Å²) in [5.74, 6) is 0.739. The highest BCUT2D eigenvalue weighted by atomic mass is 79.9. The molecule has 1 aliphatic heterocycles. The van der Waals surface area contributed by atoms with Gasteiger partial charge in [-0.3, -0.25) is 9.00 Å². The molecule has 0 saturated carbocycles. The van der Waals surface area contributed by atoms with Crippen LogP contribution in [0.4, 0.5) is 0 Å². The molecule has 1 heterocycles. The van der Waals surface area contributed by atoms with Crippen LogP contribution >= 0.6 is 15.9 Å². The average Bonchev–Trinajstić information content (AvgIpc) is 2.55. The number of carbonyl (C=O) groups is 1. The summed E-state index contributed by atoms with van der Waals surface area (Å²) in [6, 6.07) is 8.05. The van der Waals surface area contributed by atoms with Crippen molar-refractivity contribution in [1.82, 2.24) is 10.2 Å². The third-order valence-electron chi connectivity index (χ3n) is 4.05. The van der Waals surface area contributed by atoms with E-state index < -0.39 is 10.8 Å². The van der Waals surface area contributed by atoms with E-state index in [2.05, 4.69) is 21.2 Å². The van der Waals surface area contributed by atoms with Crippen molar-refractivity contribution in [3.8, 4) is 0 Å². The standard InChI is InChI=1S/C16H23BrN2O2S/c1-18-14-8-10-19(11-9-14)16(20)3-2-12-22(21)15-6-4-13(17)5-7-15/h4-7,14,18H,2-3,8-12H2,1H3. The van der Waals surface area contributed by atoms with Crippen LogP contribution in [0.1, 0.15) is 25.7 Å². The Kier molecular flexibility index (Phi) is 7.05. The van der Waals surface area contributed by atoms with Crippen molar-refractivity contribution in [1.29, 1.82) is 0 Å². The van der Waals surface area contributed by atoms with E-state index in [9.17, 15) is 9.00 Å². The molecule has 0 aliphatic carbocycles. The Balaban J connectivity index is 1.71. The van der Waals surface area contributed by atoms with Crippen LogP contribution in [0.5, 0.6) is 0 Å². The third kappa shape index (κ3) is 5.18. The quantitative estimate of drug-likeness (QED) is 0.816. The number of carbonyl (C=O) groups excluding carboxylic acids is 1. The Labute approximate surface area is 143 Å². The van der Waals surface area contributed by atoms with Gasteiger partial charge in [-0.1, -0.05) is 15.9 Å². The summed E-state index contributed by atoms with van der Waals surface area (Å²) in [6.45, 7) is 1.67. The molecule has 22 heavy (non-hydrogen) atoms. The number of hydrogen-bond donors (Lipinski definition) is 1. The maximum atomic E-state index is 12.2. The first-order valence-corrected chi connectivity index (χ1v) is 9.80.